The number of esters is 1. The Bertz CT molecular complexity index is 1060. The van der Waals surface area contributed by atoms with Gasteiger partial charge in [-0.05, 0) is 67.8 Å². The molecule has 5 heteroatoms. The summed E-state index contributed by atoms with van der Waals surface area (Å²) in [4.78, 5) is 25.1. The van der Waals surface area contributed by atoms with Crippen molar-refractivity contribution in [3.8, 4) is 11.1 Å². The topological polar surface area (TPSA) is 52.6 Å². The molecule has 0 aliphatic heterocycles. The maximum atomic E-state index is 13.0. The smallest absolute Gasteiger partial charge is 0.340 e. The lowest BCUT2D eigenvalue weighted by Crippen LogP contribution is -2.30. The van der Waals surface area contributed by atoms with Crippen molar-refractivity contribution < 1.29 is 19.1 Å². The van der Waals surface area contributed by atoms with Crippen LogP contribution in [0.4, 0.5) is 0 Å². The molecule has 1 unspecified atom stereocenters. The fourth-order valence-corrected chi connectivity index (χ4v) is 3.62. The van der Waals surface area contributed by atoms with Gasteiger partial charge in [0.2, 0.25) is 0 Å². The van der Waals surface area contributed by atoms with E-state index in [9.17, 15) is 9.59 Å². The van der Waals surface area contributed by atoms with E-state index in [0.29, 0.717) is 16.1 Å². The van der Waals surface area contributed by atoms with Crippen LogP contribution >= 0.6 is 11.6 Å². The Labute approximate surface area is 181 Å². The maximum absolute atomic E-state index is 13.0. The summed E-state index contributed by atoms with van der Waals surface area (Å²) in [6, 6.07) is 16.9. The molecule has 0 aliphatic rings. The number of fused-ring (bicyclic) bond motifs is 1. The van der Waals surface area contributed by atoms with Gasteiger partial charge in [0, 0.05) is 16.1 Å². The molecular weight excluding hydrogens is 400 g/mol. The minimum atomic E-state index is -1.06. The minimum Gasteiger partial charge on any atom is -0.464 e. The van der Waals surface area contributed by atoms with Crippen molar-refractivity contribution in [3.63, 3.8) is 0 Å². The highest BCUT2D eigenvalue weighted by molar-refractivity contribution is 6.30. The molecule has 3 rings (SSSR count). The normalized spacial score (nSPS) is 12.6. The summed E-state index contributed by atoms with van der Waals surface area (Å²) < 4.78 is 11.5. The van der Waals surface area contributed by atoms with Crippen molar-refractivity contribution in [3.05, 3.63) is 70.7 Å². The predicted molar refractivity (Wildman–Crippen MR) is 120 cm³/mol. The van der Waals surface area contributed by atoms with Gasteiger partial charge in [0.25, 0.3) is 0 Å². The SMILES string of the molecule is CCOC(=O)C(OC(C)(C)C)c1c(C=O)cc2ccccc2c1-c1ccc(Cl)cc1. The zero-order valence-corrected chi connectivity index (χ0v) is 18.3. The van der Waals surface area contributed by atoms with E-state index >= 15 is 0 Å². The molecule has 0 heterocycles. The summed E-state index contributed by atoms with van der Waals surface area (Å²) in [5.74, 6) is -0.527. The summed E-state index contributed by atoms with van der Waals surface area (Å²) >= 11 is 6.10. The molecule has 4 nitrogen and oxygen atoms in total. The third-order valence-electron chi connectivity index (χ3n) is 4.62. The first kappa shape index (κ1) is 22.0. The molecule has 30 heavy (non-hydrogen) atoms. The number of carbonyl (C=O) groups excluding carboxylic acids is 2. The largest absolute Gasteiger partial charge is 0.464 e. The molecule has 156 valence electrons. The highest BCUT2D eigenvalue weighted by Crippen LogP contribution is 2.40. The van der Waals surface area contributed by atoms with E-state index in [1.165, 1.54) is 0 Å². The van der Waals surface area contributed by atoms with E-state index in [2.05, 4.69) is 0 Å². The maximum Gasteiger partial charge on any atom is 0.340 e. The summed E-state index contributed by atoms with van der Waals surface area (Å²) in [5, 5.41) is 2.41. The Morgan fingerprint density at radius 1 is 1.10 bits per heavy atom. The van der Waals surface area contributed by atoms with Crippen LogP contribution in [0.3, 0.4) is 0 Å². The monoisotopic (exact) mass is 424 g/mol. The lowest BCUT2D eigenvalue weighted by Gasteiger charge is -2.29. The van der Waals surface area contributed by atoms with Crippen LogP contribution in [-0.2, 0) is 14.3 Å². The molecule has 0 saturated carbocycles. The van der Waals surface area contributed by atoms with Crippen LogP contribution in [0.2, 0.25) is 5.02 Å². The van der Waals surface area contributed by atoms with Crippen LogP contribution in [0.5, 0.6) is 0 Å². The Hall–Kier alpha value is -2.69. The van der Waals surface area contributed by atoms with Crippen LogP contribution in [0.25, 0.3) is 21.9 Å². The van der Waals surface area contributed by atoms with Crippen LogP contribution in [-0.4, -0.2) is 24.5 Å². The van der Waals surface area contributed by atoms with Crippen molar-refractivity contribution in [2.45, 2.75) is 39.4 Å². The zero-order valence-electron chi connectivity index (χ0n) is 17.6. The first-order valence-corrected chi connectivity index (χ1v) is 10.2. The van der Waals surface area contributed by atoms with E-state index in [4.69, 9.17) is 21.1 Å². The third kappa shape index (κ3) is 4.72. The Morgan fingerprint density at radius 2 is 1.77 bits per heavy atom. The number of rotatable bonds is 6. The highest BCUT2D eigenvalue weighted by atomic mass is 35.5. The molecule has 0 N–H and O–H groups in total. The van der Waals surface area contributed by atoms with E-state index in [1.54, 1.807) is 25.1 Å². The predicted octanol–water partition coefficient (Wildman–Crippen LogP) is 6.39. The number of carbonyl (C=O) groups is 2. The van der Waals surface area contributed by atoms with Gasteiger partial charge < -0.3 is 9.47 Å². The van der Waals surface area contributed by atoms with Gasteiger partial charge in [-0.3, -0.25) is 4.79 Å². The van der Waals surface area contributed by atoms with Gasteiger partial charge >= 0.3 is 5.97 Å². The fourth-order valence-electron chi connectivity index (χ4n) is 3.49. The molecule has 0 fully saturated rings. The summed E-state index contributed by atoms with van der Waals surface area (Å²) in [7, 11) is 0. The molecule has 0 spiro atoms. The van der Waals surface area contributed by atoms with Crippen molar-refractivity contribution in [2.75, 3.05) is 6.61 Å². The minimum absolute atomic E-state index is 0.211. The van der Waals surface area contributed by atoms with Gasteiger partial charge in [-0.15, -0.1) is 0 Å². The van der Waals surface area contributed by atoms with Gasteiger partial charge in [0.05, 0.1) is 12.2 Å². The molecule has 1 atom stereocenters. The van der Waals surface area contributed by atoms with Crippen molar-refractivity contribution >= 4 is 34.6 Å². The fraction of sp³-hybridized carbons (Fsp3) is 0.280. The number of benzene rings is 3. The molecular formula is C25H25ClO4. The number of aldehydes is 1. The van der Waals surface area contributed by atoms with E-state index in [-0.39, 0.29) is 6.61 Å². The van der Waals surface area contributed by atoms with Crippen LogP contribution in [0.15, 0.2) is 54.6 Å². The van der Waals surface area contributed by atoms with Crippen molar-refractivity contribution in [1.29, 1.82) is 0 Å². The van der Waals surface area contributed by atoms with E-state index < -0.39 is 17.7 Å². The van der Waals surface area contributed by atoms with Crippen molar-refractivity contribution in [2.24, 2.45) is 0 Å². The zero-order chi connectivity index (χ0) is 21.9. The second-order valence-electron chi connectivity index (χ2n) is 7.96. The van der Waals surface area contributed by atoms with Gasteiger partial charge in [0.1, 0.15) is 6.29 Å². The molecule has 3 aromatic rings. The molecule has 0 aliphatic carbocycles. The molecule has 0 saturated heterocycles. The average molecular weight is 425 g/mol. The molecule has 0 bridgehead atoms. The number of hydrogen-bond acceptors (Lipinski definition) is 4. The van der Waals surface area contributed by atoms with Gasteiger partial charge in [-0.1, -0.05) is 48.0 Å². The second-order valence-corrected chi connectivity index (χ2v) is 8.40. The van der Waals surface area contributed by atoms with Gasteiger partial charge in [-0.2, -0.15) is 0 Å². The lowest BCUT2D eigenvalue weighted by molar-refractivity contribution is -0.166. The van der Waals surface area contributed by atoms with Crippen LogP contribution in [0.1, 0.15) is 49.7 Å². The van der Waals surface area contributed by atoms with Gasteiger partial charge in [0.15, 0.2) is 6.10 Å². The third-order valence-corrected chi connectivity index (χ3v) is 4.87. The summed E-state index contributed by atoms with van der Waals surface area (Å²) in [6.45, 7) is 7.55. The lowest BCUT2D eigenvalue weighted by atomic mass is 9.87. The van der Waals surface area contributed by atoms with Crippen LogP contribution < -0.4 is 0 Å². The molecule has 3 aromatic carbocycles. The summed E-state index contributed by atoms with van der Waals surface area (Å²) in [6.07, 6.45) is -0.292. The first-order valence-electron chi connectivity index (χ1n) is 9.86. The number of ether oxygens (including phenoxy) is 2. The highest BCUT2D eigenvalue weighted by Gasteiger charge is 2.33. The first-order chi connectivity index (χ1) is 14.2. The number of halogens is 1. The molecule has 0 radical (unpaired) electrons. The quantitative estimate of drug-likeness (QED) is 0.339. The van der Waals surface area contributed by atoms with Gasteiger partial charge in [-0.25, -0.2) is 4.79 Å². The molecule has 0 amide bonds. The second kappa shape index (κ2) is 8.99. The van der Waals surface area contributed by atoms with Crippen LogP contribution in [0, 0.1) is 0 Å². The summed E-state index contributed by atoms with van der Waals surface area (Å²) in [5.41, 5.74) is 1.84. The van der Waals surface area contributed by atoms with E-state index in [0.717, 1.165) is 28.2 Å². The Kier molecular flexibility index (Phi) is 6.59. The standard InChI is InChI=1S/C25H25ClO4/c1-5-29-24(28)23(30-25(2,3)4)22-18(15-27)14-17-8-6-7-9-20(17)21(22)16-10-12-19(26)13-11-16/h6-15,23H,5H2,1-4H3. The Morgan fingerprint density at radius 3 is 2.37 bits per heavy atom. The molecule has 0 aromatic heterocycles. The number of hydrogen-bond donors (Lipinski definition) is 0. The average Bonchev–Trinajstić information content (AvgIpc) is 2.71. The van der Waals surface area contributed by atoms with Crippen molar-refractivity contribution in [1.82, 2.24) is 0 Å². The van der Waals surface area contributed by atoms with E-state index in [1.807, 2.05) is 57.2 Å². The Balaban J connectivity index is 2.40.